The summed E-state index contributed by atoms with van der Waals surface area (Å²) in [6.07, 6.45) is -6.21. The number of esters is 1. The van der Waals surface area contributed by atoms with Crippen molar-refractivity contribution in [3.8, 4) is 0 Å². The van der Waals surface area contributed by atoms with E-state index in [4.69, 9.17) is 4.74 Å². The van der Waals surface area contributed by atoms with Crippen molar-refractivity contribution in [3.05, 3.63) is 12.2 Å². The fourth-order valence-electron chi connectivity index (χ4n) is 6.05. The highest BCUT2D eigenvalue weighted by atomic mass is 19.4. The monoisotopic (exact) mass is 426 g/mol. The average molecular weight is 426 g/mol. The maximum atomic E-state index is 13.0. The predicted molar refractivity (Wildman–Crippen MR) is 89.3 cm³/mol. The van der Waals surface area contributed by atoms with Crippen molar-refractivity contribution in [2.24, 2.45) is 35.5 Å². The largest absolute Gasteiger partial charge is 0.462 e. The van der Waals surface area contributed by atoms with Crippen molar-refractivity contribution in [1.29, 1.82) is 0 Å². The normalized spacial score (nSPS) is 39.2. The standard InChI is InChI=1S/C20H24F6O3/c21-19(22,23)18(28,20(24,25)26)9-14-5-11-4-13(14)8-15(6-11)29-17(27)16-7-10-1-2-12(16)3-10/h1-2,10-16,28H,3-9H2. The number of carbonyl (C=O) groups excluding carboxylic acids is 1. The zero-order valence-electron chi connectivity index (χ0n) is 15.7. The van der Waals surface area contributed by atoms with Gasteiger partial charge in [-0.3, -0.25) is 4.79 Å². The van der Waals surface area contributed by atoms with Gasteiger partial charge in [-0.1, -0.05) is 12.2 Å². The van der Waals surface area contributed by atoms with Crippen LogP contribution >= 0.6 is 0 Å². The first-order valence-corrected chi connectivity index (χ1v) is 10.1. The van der Waals surface area contributed by atoms with Crippen molar-refractivity contribution >= 4 is 5.97 Å². The molecule has 7 atom stereocenters. The molecule has 1 N–H and O–H groups in total. The second-order valence-electron chi connectivity index (χ2n) is 9.33. The highest BCUT2D eigenvalue weighted by Crippen LogP contribution is 2.54. The van der Waals surface area contributed by atoms with E-state index in [1.54, 1.807) is 0 Å². The number of alkyl halides is 6. The van der Waals surface area contributed by atoms with Gasteiger partial charge < -0.3 is 9.84 Å². The van der Waals surface area contributed by atoms with E-state index in [-0.39, 0.29) is 36.6 Å². The van der Waals surface area contributed by atoms with Gasteiger partial charge in [-0.15, -0.1) is 0 Å². The predicted octanol–water partition coefficient (Wildman–Crippen LogP) is 4.79. The molecule has 0 aliphatic heterocycles. The Morgan fingerprint density at radius 3 is 2.17 bits per heavy atom. The summed E-state index contributed by atoms with van der Waals surface area (Å²) in [5, 5.41) is 9.54. The summed E-state index contributed by atoms with van der Waals surface area (Å²) in [6, 6.07) is 0. The third-order valence-electron chi connectivity index (χ3n) is 7.46. The summed E-state index contributed by atoms with van der Waals surface area (Å²) < 4.78 is 83.9. The number of aliphatic hydroxyl groups is 1. The SMILES string of the molecule is O=C(OC1CC2CC(C1)C(CC(O)(C(F)(F)F)C(F)(F)F)C2)C1CC2C=CC1C2. The minimum Gasteiger partial charge on any atom is -0.462 e. The van der Waals surface area contributed by atoms with Crippen LogP contribution in [0, 0.1) is 35.5 Å². The molecule has 7 unspecified atom stereocenters. The number of carbonyl (C=O) groups is 1. The van der Waals surface area contributed by atoms with E-state index in [9.17, 15) is 36.2 Å². The Bertz CT molecular complexity index is 671. The molecule has 0 amide bonds. The first kappa shape index (κ1) is 21.0. The van der Waals surface area contributed by atoms with E-state index in [2.05, 4.69) is 6.08 Å². The van der Waals surface area contributed by atoms with Crippen LogP contribution in [0.4, 0.5) is 26.3 Å². The third kappa shape index (κ3) is 3.68. The Balaban J connectivity index is 1.39. The van der Waals surface area contributed by atoms with Crippen molar-refractivity contribution in [1.82, 2.24) is 0 Å². The number of fused-ring (bicyclic) bond motifs is 4. The highest BCUT2D eigenvalue weighted by molar-refractivity contribution is 5.74. The first-order valence-electron chi connectivity index (χ1n) is 10.1. The maximum Gasteiger partial charge on any atom is 0.426 e. The minimum atomic E-state index is -5.79. The van der Waals surface area contributed by atoms with Gasteiger partial charge in [0.15, 0.2) is 0 Å². The van der Waals surface area contributed by atoms with E-state index in [0.717, 1.165) is 12.8 Å². The average Bonchev–Trinajstić information content (AvgIpc) is 3.28. The number of hydrogen-bond acceptors (Lipinski definition) is 3. The van der Waals surface area contributed by atoms with Gasteiger partial charge in [0.25, 0.3) is 5.60 Å². The van der Waals surface area contributed by atoms with Crippen LogP contribution < -0.4 is 0 Å². The summed E-state index contributed by atoms with van der Waals surface area (Å²) >= 11 is 0. The molecule has 0 heterocycles. The number of rotatable bonds is 4. The second-order valence-corrected chi connectivity index (χ2v) is 9.33. The summed E-state index contributed by atoms with van der Waals surface area (Å²) in [5.41, 5.74) is -4.70. The van der Waals surface area contributed by atoms with Crippen molar-refractivity contribution < 1.29 is 41.0 Å². The zero-order chi connectivity index (χ0) is 21.2. The lowest BCUT2D eigenvalue weighted by Gasteiger charge is -2.36. The molecule has 0 aromatic carbocycles. The molecule has 4 bridgehead atoms. The van der Waals surface area contributed by atoms with Crippen LogP contribution in [-0.4, -0.2) is 35.1 Å². The molecule has 3 saturated carbocycles. The summed E-state index contributed by atoms with van der Waals surface area (Å²) in [6.45, 7) is 0. The molecule has 4 rings (SSSR count). The van der Waals surface area contributed by atoms with Crippen LogP contribution in [0.2, 0.25) is 0 Å². The molecule has 4 aliphatic rings. The lowest BCUT2D eigenvalue weighted by atomic mass is 9.80. The molecule has 0 spiro atoms. The van der Waals surface area contributed by atoms with Gasteiger partial charge in [0.2, 0.25) is 0 Å². The van der Waals surface area contributed by atoms with Crippen LogP contribution in [0.1, 0.15) is 44.9 Å². The van der Waals surface area contributed by atoms with Gasteiger partial charge >= 0.3 is 18.3 Å². The number of ether oxygens (including phenoxy) is 1. The maximum absolute atomic E-state index is 13.0. The Kier molecular flexibility index (Phi) is 4.99. The molecule has 0 aromatic heterocycles. The van der Waals surface area contributed by atoms with Crippen molar-refractivity contribution in [3.63, 3.8) is 0 Å². The molecule has 3 fully saturated rings. The minimum absolute atomic E-state index is 0.0813. The Hall–Kier alpha value is -1.25. The molecule has 29 heavy (non-hydrogen) atoms. The van der Waals surface area contributed by atoms with Gasteiger partial charge in [-0.05, 0) is 74.5 Å². The van der Waals surface area contributed by atoms with E-state index >= 15 is 0 Å². The van der Waals surface area contributed by atoms with E-state index < -0.39 is 42.3 Å². The van der Waals surface area contributed by atoms with Gasteiger partial charge in [0.1, 0.15) is 6.10 Å². The Morgan fingerprint density at radius 2 is 1.62 bits per heavy atom. The molecular formula is C20H24F6O3. The summed E-state index contributed by atoms with van der Waals surface area (Å²) in [5.74, 6) is -1.32. The number of halogens is 6. The van der Waals surface area contributed by atoms with E-state index in [0.29, 0.717) is 18.8 Å². The van der Waals surface area contributed by atoms with Crippen LogP contribution in [0.15, 0.2) is 12.2 Å². The molecule has 0 aromatic rings. The molecular weight excluding hydrogens is 402 g/mol. The molecule has 4 aliphatic carbocycles. The van der Waals surface area contributed by atoms with Crippen molar-refractivity contribution in [2.75, 3.05) is 0 Å². The van der Waals surface area contributed by atoms with Crippen LogP contribution in [0.5, 0.6) is 0 Å². The van der Waals surface area contributed by atoms with Crippen LogP contribution in [0.3, 0.4) is 0 Å². The van der Waals surface area contributed by atoms with Gasteiger partial charge in [0.05, 0.1) is 5.92 Å². The van der Waals surface area contributed by atoms with Gasteiger partial charge in [-0.2, -0.15) is 26.3 Å². The molecule has 164 valence electrons. The fourth-order valence-corrected chi connectivity index (χ4v) is 6.05. The first-order chi connectivity index (χ1) is 13.4. The third-order valence-corrected chi connectivity index (χ3v) is 7.46. The Morgan fingerprint density at radius 1 is 0.931 bits per heavy atom. The smallest absolute Gasteiger partial charge is 0.426 e. The van der Waals surface area contributed by atoms with Crippen LogP contribution in [-0.2, 0) is 9.53 Å². The topological polar surface area (TPSA) is 46.5 Å². The summed E-state index contributed by atoms with van der Waals surface area (Å²) in [4.78, 5) is 12.5. The lowest BCUT2D eigenvalue weighted by molar-refractivity contribution is -0.373. The fraction of sp³-hybridized carbons (Fsp3) is 0.850. The van der Waals surface area contributed by atoms with Gasteiger partial charge in [-0.25, -0.2) is 0 Å². The number of allylic oxidation sites excluding steroid dienone is 2. The van der Waals surface area contributed by atoms with Crippen LogP contribution in [0.25, 0.3) is 0 Å². The molecule has 0 saturated heterocycles. The zero-order valence-corrected chi connectivity index (χ0v) is 15.7. The quantitative estimate of drug-likeness (QED) is 0.399. The molecule has 0 radical (unpaired) electrons. The van der Waals surface area contributed by atoms with Gasteiger partial charge in [0, 0.05) is 0 Å². The number of hydrogen-bond donors (Lipinski definition) is 1. The molecule has 9 heteroatoms. The summed E-state index contributed by atoms with van der Waals surface area (Å²) in [7, 11) is 0. The molecule has 3 nitrogen and oxygen atoms in total. The van der Waals surface area contributed by atoms with Crippen molar-refractivity contribution in [2.45, 2.75) is 69.0 Å². The second kappa shape index (κ2) is 6.89. The van der Waals surface area contributed by atoms with E-state index in [1.807, 2.05) is 6.08 Å². The highest BCUT2D eigenvalue weighted by Gasteiger charge is 2.71. The Labute approximate surface area is 164 Å². The van der Waals surface area contributed by atoms with E-state index in [1.165, 1.54) is 0 Å². The lowest BCUT2D eigenvalue weighted by Crippen LogP contribution is -2.58.